The fraction of sp³-hybridized carbons (Fsp3) is 0.800. The summed E-state index contributed by atoms with van der Waals surface area (Å²) < 4.78 is -0.543. The van der Waals surface area contributed by atoms with Crippen molar-refractivity contribution < 1.29 is 4.79 Å². The first-order valence-electron chi connectivity index (χ1n) is 4.70. The zero-order valence-corrected chi connectivity index (χ0v) is 10.8. The lowest BCUT2D eigenvalue weighted by Gasteiger charge is -2.28. The van der Waals surface area contributed by atoms with Gasteiger partial charge in [0.1, 0.15) is 0 Å². The molecule has 14 heavy (non-hydrogen) atoms. The molecule has 0 N–H and O–H groups in total. The summed E-state index contributed by atoms with van der Waals surface area (Å²) in [6.45, 7) is 8.50. The lowest BCUT2D eigenvalue weighted by molar-refractivity contribution is -0.132. The molecule has 1 atom stereocenters. The molecule has 1 unspecified atom stereocenters. The molecule has 0 aliphatic carbocycles. The molecule has 3 nitrogen and oxygen atoms in total. The van der Waals surface area contributed by atoms with E-state index in [9.17, 15) is 4.79 Å². The number of carbonyl (C=O) groups is 1. The van der Waals surface area contributed by atoms with E-state index in [1.165, 1.54) is 0 Å². The summed E-state index contributed by atoms with van der Waals surface area (Å²) in [5.74, 6) is -0.0872. The van der Waals surface area contributed by atoms with Gasteiger partial charge in [0.05, 0.1) is 16.3 Å². The van der Waals surface area contributed by atoms with Gasteiger partial charge in [0.2, 0.25) is 5.91 Å². The Morgan fingerprint density at radius 2 is 2.14 bits per heavy atom. The number of hydrogen-bond acceptors (Lipinski definition) is 2. The topological polar surface area (TPSA) is 44.1 Å². The van der Waals surface area contributed by atoms with Crippen LogP contribution in [0.5, 0.6) is 0 Å². The Labute approximate surface area is 94.2 Å². The van der Waals surface area contributed by atoms with Gasteiger partial charge < -0.3 is 4.90 Å². The largest absolute Gasteiger partial charge is 0.340 e. The summed E-state index contributed by atoms with van der Waals surface area (Å²) in [7, 11) is 0. The lowest BCUT2D eigenvalue weighted by Crippen LogP contribution is -2.43. The third-order valence-electron chi connectivity index (χ3n) is 1.89. The maximum atomic E-state index is 11.8. The van der Waals surface area contributed by atoms with E-state index in [0.29, 0.717) is 13.1 Å². The Hall–Kier alpha value is -0.560. The molecule has 0 aromatic carbocycles. The van der Waals surface area contributed by atoms with Crippen LogP contribution < -0.4 is 0 Å². The number of amides is 1. The Kier molecular flexibility index (Phi) is 5.14. The Balaban J connectivity index is 4.44. The van der Waals surface area contributed by atoms with Crippen LogP contribution in [0.1, 0.15) is 27.7 Å². The van der Waals surface area contributed by atoms with Crippen LogP contribution in [-0.4, -0.2) is 28.2 Å². The molecule has 0 fully saturated rings. The summed E-state index contributed by atoms with van der Waals surface area (Å²) in [5.41, 5.74) is 0. The maximum Gasteiger partial charge on any atom is 0.238 e. The predicted molar refractivity (Wildman–Crippen MR) is 60.0 cm³/mol. The minimum absolute atomic E-state index is 0.0297. The van der Waals surface area contributed by atoms with Crippen molar-refractivity contribution in [3.05, 3.63) is 0 Å². The van der Waals surface area contributed by atoms with E-state index >= 15 is 0 Å². The average Bonchev–Trinajstić information content (AvgIpc) is 2.11. The molecular weight excluding hydrogens is 244 g/mol. The Morgan fingerprint density at radius 1 is 1.64 bits per heavy atom. The zero-order valence-electron chi connectivity index (χ0n) is 9.17. The molecule has 0 bridgehead atoms. The minimum atomic E-state index is -0.543. The molecular formula is C10H17BrN2O. The van der Waals surface area contributed by atoms with Gasteiger partial charge in [0.25, 0.3) is 0 Å². The number of halogens is 1. The molecule has 4 heteroatoms. The van der Waals surface area contributed by atoms with Crippen molar-refractivity contribution in [3.63, 3.8) is 0 Å². The molecule has 0 aromatic heterocycles. The van der Waals surface area contributed by atoms with Crippen LogP contribution in [0.4, 0.5) is 0 Å². The normalized spacial score (nSPS) is 13.1. The number of nitriles is 1. The highest BCUT2D eigenvalue weighted by Crippen LogP contribution is 2.19. The molecule has 0 spiro atoms. The molecule has 80 valence electrons. The number of rotatable bonds is 4. The van der Waals surface area contributed by atoms with Gasteiger partial charge in [-0.2, -0.15) is 5.26 Å². The van der Waals surface area contributed by atoms with E-state index < -0.39 is 4.32 Å². The minimum Gasteiger partial charge on any atom is -0.340 e. The van der Waals surface area contributed by atoms with Crippen LogP contribution in [0.3, 0.4) is 0 Å². The predicted octanol–water partition coefficient (Wildman–Crippen LogP) is 2.17. The number of alkyl halides is 1. The number of hydrogen-bond donors (Lipinski definition) is 0. The second-order valence-electron chi connectivity index (χ2n) is 3.85. The van der Waals surface area contributed by atoms with E-state index in [4.69, 9.17) is 5.26 Å². The molecule has 0 aromatic rings. The first-order valence-corrected chi connectivity index (χ1v) is 5.50. The van der Waals surface area contributed by atoms with Crippen molar-refractivity contribution in [1.29, 1.82) is 5.26 Å². The average molecular weight is 261 g/mol. The zero-order chi connectivity index (χ0) is 11.4. The maximum absolute atomic E-state index is 11.8. The first-order chi connectivity index (χ1) is 6.32. The van der Waals surface area contributed by atoms with Gasteiger partial charge in [-0.3, -0.25) is 4.79 Å². The fourth-order valence-electron chi connectivity index (χ4n) is 1.10. The molecule has 0 aliphatic heterocycles. The van der Waals surface area contributed by atoms with Gasteiger partial charge in [-0.05, 0) is 27.7 Å². The molecule has 0 rings (SSSR count). The van der Waals surface area contributed by atoms with Crippen LogP contribution in [0.25, 0.3) is 0 Å². The van der Waals surface area contributed by atoms with Crippen LogP contribution in [0.2, 0.25) is 0 Å². The summed E-state index contributed by atoms with van der Waals surface area (Å²) in [4.78, 5) is 13.5. The molecule has 0 heterocycles. The standard InChI is InChI=1S/C10H17BrN2O/c1-5-13(7-8(2)6-12)9(14)10(3,4)11/h8H,5,7H2,1-4H3. The van der Waals surface area contributed by atoms with E-state index in [1.807, 2.05) is 27.7 Å². The molecule has 0 saturated carbocycles. The fourth-order valence-corrected chi connectivity index (χ4v) is 1.35. The Bertz CT molecular complexity index is 239. The second-order valence-corrected chi connectivity index (χ2v) is 5.83. The summed E-state index contributed by atoms with van der Waals surface area (Å²) in [5, 5.41) is 8.66. The van der Waals surface area contributed by atoms with Gasteiger partial charge in [-0.1, -0.05) is 15.9 Å². The van der Waals surface area contributed by atoms with E-state index in [2.05, 4.69) is 22.0 Å². The summed E-state index contributed by atoms with van der Waals surface area (Å²) >= 11 is 3.32. The van der Waals surface area contributed by atoms with Crippen molar-refractivity contribution in [2.45, 2.75) is 32.0 Å². The van der Waals surface area contributed by atoms with E-state index in [-0.39, 0.29) is 11.8 Å². The number of carbonyl (C=O) groups excluding carboxylic acids is 1. The molecule has 0 saturated heterocycles. The van der Waals surface area contributed by atoms with Crippen molar-refractivity contribution in [2.75, 3.05) is 13.1 Å². The van der Waals surface area contributed by atoms with Crippen LogP contribution in [0.15, 0.2) is 0 Å². The second kappa shape index (κ2) is 5.35. The van der Waals surface area contributed by atoms with Crippen LogP contribution >= 0.6 is 15.9 Å². The highest BCUT2D eigenvalue weighted by atomic mass is 79.9. The summed E-state index contributed by atoms with van der Waals surface area (Å²) in [6.07, 6.45) is 0. The smallest absolute Gasteiger partial charge is 0.238 e. The summed E-state index contributed by atoms with van der Waals surface area (Å²) in [6, 6.07) is 2.13. The molecule has 1 amide bonds. The van der Waals surface area contributed by atoms with E-state index in [0.717, 1.165) is 0 Å². The lowest BCUT2D eigenvalue weighted by atomic mass is 10.1. The first kappa shape index (κ1) is 13.4. The SMILES string of the molecule is CCN(CC(C)C#N)C(=O)C(C)(C)Br. The van der Waals surface area contributed by atoms with Gasteiger partial charge in [-0.15, -0.1) is 0 Å². The Morgan fingerprint density at radius 3 is 2.43 bits per heavy atom. The van der Waals surface area contributed by atoms with Crippen LogP contribution in [0, 0.1) is 17.2 Å². The third-order valence-corrected chi connectivity index (χ3v) is 2.23. The number of nitrogens with zero attached hydrogens (tertiary/aromatic N) is 2. The monoisotopic (exact) mass is 260 g/mol. The molecule has 0 radical (unpaired) electrons. The van der Waals surface area contributed by atoms with Gasteiger partial charge in [0, 0.05) is 13.1 Å². The highest BCUT2D eigenvalue weighted by Gasteiger charge is 2.28. The van der Waals surface area contributed by atoms with Gasteiger partial charge in [0.15, 0.2) is 0 Å². The van der Waals surface area contributed by atoms with Crippen molar-refractivity contribution in [3.8, 4) is 6.07 Å². The van der Waals surface area contributed by atoms with Crippen LogP contribution in [-0.2, 0) is 4.79 Å². The quantitative estimate of drug-likeness (QED) is 0.728. The van der Waals surface area contributed by atoms with E-state index in [1.54, 1.807) is 4.90 Å². The highest BCUT2D eigenvalue weighted by molar-refractivity contribution is 9.10. The van der Waals surface area contributed by atoms with Crippen molar-refractivity contribution >= 4 is 21.8 Å². The van der Waals surface area contributed by atoms with Crippen molar-refractivity contribution in [1.82, 2.24) is 4.90 Å². The third kappa shape index (κ3) is 4.10. The van der Waals surface area contributed by atoms with Gasteiger partial charge >= 0.3 is 0 Å². The van der Waals surface area contributed by atoms with Gasteiger partial charge in [-0.25, -0.2) is 0 Å². The molecule has 0 aliphatic rings. The van der Waals surface area contributed by atoms with Crippen molar-refractivity contribution in [2.24, 2.45) is 5.92 Å².